The second-order valence-corrected chi connectivity index (χ2v) is 16.9. The predicted molar refractivity (Wildman–Crippen MR) is 234 cm³/mol. The van der Waals surface area contributed by atoms with Crippen molar-refractivity contribution < 1.29 is 14.3 Å². The normalized spacial score (nSPS) is 21.8. The number of hydrogen-bond acceptors (Lipinski definition) is 12. The molecular formula is C46H52N12O5. The number of nitriles is 1. The van der Waals surface area contributed by atoms with Crippen LogP contribution in [-0.2, 0) is 16.0 Å². The third-order valence-electron chi connectivity index (χ3n) is 12.6. The first kappa shape index (κ1) is 43.3. The molecule has 4 aliphatic heterocycles. The lowest BCUT2D eigenvalue weighted by Crippen LogP contribution is -2.24. The Morgan fingerprint density at radius 2 is 1.33 bits per heavy atom. The van der Waals surface area contributed by atoms with Gasteiger partial charge in [0.2, 0.25) is 0 Å². The number of hydrogen-bond donors (Lipinski definition) is 3. The monoisotopic (exact) mass is 852 g/mol. The molecule has 4 atom stereocenters. The van der Waals surface area contributed by atoms with Gasteiger partial charge in [0.05, 0.1) is 30.6 Å². The number of aromatic nitrogens is 8. The van der Waals surface area contributed by atoms with Gasteiger partial charge in [-0.3, -0.25) is 19.3 Å². The Hall–Kier alpha value is -6.37. The zero-order valence-corrected chi connectivity index (χ0v) is 35.6. The van der Waals surface area contributed by atoms with Crippen LogP contribution in [0.5, 0.6) is 0 Å². The van der Waals surface area contributed by atoms with E-state index in [-0.39, 0.29) is 28.9 Å². The van der Waals surface area contributed by atoms with Crippen molar-refractivity contribution >= 4 is 23.0 Å². The Morgan fingerprint density at radius 3 is 1.83 bits per heavy atom. The molecule has 4 unspecified atom stereocenters. The molecular weight excluding hydrogens is 801 g/mol. The van der Waals surface area contributed by atoms with Crippen LogP contribution in [0, 0.1) is 29.7 Å². The first-order valence-electron chi connectivity index (χ1n) is 21.7. The average Bonchev–Trinajstić information content (AvgIpc) is 4.14. The number of aromatic amines is 2. The van der Waals surface area contributed by atoms with Crippen LogP contribution in [0.15, 0.2) is 70.5 Å². The minimum atomic E-state index is -0.131. The van der Waals surface area contributed by atoms with E-state index in [0.717, 1.165) is 114 Å². The summed E-state index contributed by atoms with van der Waals surface area (Å²) in [7, 11) is 0. The summed E-state index contributed by atoms with van der Waals surface area (Å²) in [5.74, 6) is 5.09. The number of rotatable bonds is 7. The van der Waals surface area contributed by atoms with Crippen LogP contribution in [0.3, 0.4) is 0 Å². The minimum Gasteiger partial charge on any atom is -0.381 e. The van der Waals surface area contributed by atoms with Gasteiger partial charge < -0.3 is 24.8 Å². The van der Waals surface area contributed by atoms with E-state index < -0.39 is 0 Å². The average molecular weight is 853 g/mol. The largest absolute Gasteiger partial charge is 0.381 e. The highest BCUT2D eigenvalue weighted by Crippen LogP contribution is 2.32. The SMILES string of the molecule is CC1CN(Cc2ccc(C#N)cc2)CC1c1nn2c(C3CCOCC3)ncc2c(=O)[nH]1.CC1CNCC1c1nn2c(C3CCOCC3)ncc2c(=O)[nH]1.[C-]#[N+]c1ccc(C=O)cc1. The molecule has 0 amide bonds. The summed E-state index contributed by atoms with van der Waals surface area (Å²) >= 11 is 0. The number of carbonyl (C=O) groups is 1. The van der Waals surface area contributed by atoms with Crippen molar-refractivity contribution in [2.75, 3.05) is 52.6 Å². The Morgan fingerprint density at radius 1 is 0.778 bits per heavy atom. The fourth-order valence-electron chi connectivity index (χ4n) is 8.97. The zero-order valence-electron chi connectivity index (χ0n) is 35.6. The fourth-order valence-corrected chi connectivity index (χ4v) is 8.97. The van der Waals surface area contributed by atoms with E-state index in [9.17, 15) is 14.4 Å². The highest BCUT2D eigenvalue weighted by atomic mass is 16.5. The van der Waals surface area contributed by atoms with Gasteiger partial charge in [-0.1, -0.05) is 50.2 Å². The third kappa shape index (κ3) is 9.82. The van der Waals surface area contributed by atoms with E-state index in [4.69, 9.17) is 31.5 Å². The molecule has 0 spiro atoms. The maximum atomic E-state index is 12.8. The standard InChI is InChI=1S/C23H26N6O2.C15H21N5O2.C8H5NO/c1-15-12-28(13-17-4-2-16(10-24)3-5-17)14-19(15)21-26-23(30)20-11-25-22(29(20)27-21)18-6-8-31-9-7-18;1-9-6-16-7-11(9)13-18-15(21)12-8-17-14(20(12)19-13)10-2-4-22-5-3-10;1-9-8-4-2-7(6-10)3-5-8/h2-5,11,15,18-19H,6-9,12-14H2,1H3,(H,26,27,30);8-11,16H,2-7H2,1H3,(H,18,19,21);2-6H. The van der Waals surface area contributed by atoms with E-state index in [0.29, 0.717) is 45.6 Å². The number of likely N-dealkylation sites (tertiary alicyclic amines) is 1. The molecule has 0 radical (unpaired) electrons. The Bertz CT molecular complexity index is 2720. The van der Waals surface area contributed by atoms with Gasteiger partial charge in [-0.2, -0.15) is 15.5 Å². The minimum absolute atomic E-state index is 0.102. The molecule has 0 bridgehead atoms. The van der Waals surface area contributed by atoms with Gasteiger partial charge in [0, 0.05) is 81.8 Å². The van der Waals surface area contributed by atoms with Gasteiger partial charge in [0.25, 0.3) is 11.1 Å². The number of aldehydes is 1. The molecule has 0 saturated carbocycles. The maximum absolute atomic E-state index is 12.8. The number of ether oxygens (including phenoxy) is 2. The molecule has 8 heterocycles. The number of H-pyrrole nitrogens is 2. The topological polar surface area (TPSA) is 205 Å². The molecule has 4 aliphatic rings. The van der Waals surface area contributed by atoms with Crippen LogP contribution in [0.25, 0.3) is 15.9 Å². The molecule has 17 nitrogen and oxygen atoms in total. The molecule has 63 heavy (non-hydrogen) atoms. The molecule has 2 aromatic carbocycles. The van der Waals surface area contributed by atoms with E-state index in [2.05, 4.69) is 54.9 Å². The van der Waals surface area contributed by atoms with Gasteiger partial charge in [0.1, 0.15) is 29.6 Å². The lowest BCUT2D eigenvalue weighted by molar-refractivity contribution is 0.0831. The summed E-state index contributed by atoms with van der Waals surface area (Å²) in [6.45, 7) is 18.3. The highest BCUT2D eigenvalue weighted by Gasteiger charge is 2.34. The van der Waals surface area contributed by atoms with Gasteiger partial charge in [-0.05, 0) is 61.8 Å². The van der Waals surface area contributed by atoms with Gasteiger partial charge in [0.15, 0.2) is 16.7 Å². The number of benzene rings is 2. The van der Waals surface area contributed by atoms with Crippen LogP contribution in [-0.4, -0.2) is 103 Å². The maximum Gasteiger partial charge on any atom is 0.276 e. The number of carbonyl (C=O) groups excluding carboxylic acids is 1. The smallest absolute Gasteiger partial charge is 0.276 e. The van der Waals surface area contributed by atoms with Crippen LogP contribution < -0.4 is 16.4 Å². The second-order valence-electron chi connectivity index (χ2n) is 16.9. The Kier molecular flexibility index (Phi) is 13.6. The second kappa shape index (κ2) is 19.8. The molecule has 17 heteroatoms. The molecule has 4 fully saturated rings. The first-order valence-corrected chi connectivity index (χ1v) is 21.7. The number of fused-ring (bicyclic) bond motifs is 2. The van der Waals surface area contributed by atoms with Crippen molar-refractivity contribution in [1.29, 1.82) is 5.26 Å². The molecule has 326 valence electrons. The summed E-state index contributed by atoms with van der Waals surface area (Å²) in [4.78, 5) is 55.8. The third-order valence-corrected chi connectivity index (χ3v) is 12.6. The number of nitrogens with zero attached hydrogens (tertiary/aromatic N) is 9. The molecule has 6 aromatic rings. The molecule has 10 rings (SSSR count). The first-order chi connectivity index (χ1) is 30.7. The van der Waals surface area contributed by atoms with Crippen LogP contribution in [0.4, 0.5) is 5.69 Å². The lowest BCUT2D eigenvalue weighted by Gasteiger charge is -2.21. The Labute approximate surface area is 364 Å². The molecule has 4 saturated heterocycles. The van der Waals surface area contributed by atoms with Crippen molar-refractivity contribution in [1.82, 2.24) is 49.4 Å². The predicted octanol–water partition coefficient (Wildman–Crippen LogP) is 5.10. The van der Waals surface area contributed by atoms with Crippen LogP contribution in [0.2, 0.25) is 0 Å². The van der Waals surface area contributed by atoms with Crippen molar-refractivity contribution in [2.45, 2.75) is 69.7 Å². The number of imidazole rings is 2. The Balaban J connectivity index is 0.000000147. The van der Waals surface area contributed by atoms with Gasteiger partial charge in [-0.15, -0.1) is 0 Å². The van der Waals surface area contributed by atoms with Crippen molar-refractivity contribution in [2.24, 2.45) is 11.8 Å². The fraction of sp³-hybridized carbons (Fsp3) is 0.457. The number of nitrogens with one attached hydrogen (secondary N) is 3. The summed E-state index contributed by atoms with van der Waals surface area (Å²) < 4.78 is 14.4. The summed E-state index contributed by atoms with van der Waals surface area (Å²) in [5, 5.41) is 21.9. The van der Waals surface area contributed by atoms with E-state index in [1.54, 1.807) is 45.7 Å². The lowest BCUT2D eigenvalue weighted by atomic mass is 9.97. The van der Waals surface area contributed by atoms with Crippen LogP contribution in [0.1, 0.15) is 108 Å². The van der Waals surface area contributed by atoms with Gasteiger partial charge >= 0.3 is 0 Å². The summed E-state index contributed by atoms with van der Waals surface area (Å²) in [6.07, 6.45) is 7.71. The summed E-state index contributed by atoms with van der Waals surface area (Å²) in [6, 6.07) is 16.4. The quantitative estimate of drug-likeness (QED) is 0.142. The van der Waals surface area contributed by atoms with E-state index in [1.165, 1.54) is 5.56 Å². The summed E-state index contributed by atoms with van der Waals surface area (Å²) in [5.41, 5.74) is 3.82. The molecule has 3 N–H and O–H groups in total. The van der Waals surface area contributed by atoms with Crippen molar-refractivity contribution in [3.63, 3.8) is 0 Å². The van der Waals surface area contributed by atoms with Crippen molar-refractivity contribution in [3.05, 3.63) is 133 Å². The van der Waals surface area contributed by atoms with Crippen molar-refractivity contribution in [3.8, 4) is 6.07 Å². The highest BCUT2D eigenvalue weighted by molar-refractivity contribution is 5.75. The van der Waals surface area contributed by atoms with E-state index >= 15 is 0 Å². The molecule has 0 aliphatic carbocycles. The zero-order chi connectivity index (χ0) is 43.9. The molecule has 4 aromatic heterocycles. The van der Waals surface area contributed by atoms with E-state index in [1.807, 2.05) is 24.3 Å². The van der Waals surface area contributed by atoms with Gasteiger partial charge in [-0.25, -0.2) is 23.8 Å². The van der Waals surface area contributed by atoms with Crippen LogP contribution >= 0.6 is 0 Å².